The van der Waals surface area contributed by atoms with E-state index in [4.69, 9.17) is 0 Å². The van der Waals surface area contributed by atoms with Gasteiger partial charge in [-0.2, -0.15) is 5.10 Å². The fourth-order valence-corrected chi connectivity index (χ4v) is 1.77. The van der Waals surface area contributed by atoms with Crippen LogP contribution >= 0.6 is 0 Å². The first kappa shape index (κ1) is 11.7. The highest BCUT2D eigenvalue weighted by Gasteiger charge is 2.09. The van der Waals surface area contributed by atoms with Gasteiger partial charge in [0.25, 0.3) is 0 Å². The minimum absolute atomic E-state index is 0.208. The monoisotopic (exact) mass is 231 g/mol. The lowest BCUT2D eigenvalue weighted by Crippen LogP contribution is -2.25. The van der Waals surface area contributed by atoms with E-state index in [1.807, 2.05) is 23.9 Å². The van der Waals surface area contributed by atoms with Crippen LogP contribution < -0.4 is 5.32 Å². The molecule has 2 aromatic heterocycles. The number of rotatable bonds is 5. The van der Waals surface area contributed by atoms with E-state index in [-0.39, 0.29) is 6.04 Å². The Labute approximate surface area is 101 Å². The maximum atomic E-state index is 4.35. The fourth-order valence-electron chi connectivity index (χ4n) is 1.77. The number of hydrogen-bond donors (Lipinski definition) is 1. The first-order chi connectivity index (χ1) is 8.27. The molecule has 0 amide bonds. The Bertz CT molecular complexity index is 452. The number of nitrogens with one attached hydrogen (secondary N) is 1. The Balaban J connectivity index is 1.85. The van der Waals surface area contributed by atoms with Crippen LogP contribution in [-0.2, 0) is 6.54 Å². The van der Waals surface area contributed by atoms with Crippen molar-refractivity contribution in [3.05, 3.63) is 42.2 Å². The van der Waals surface area contributed by atoms with Crippen molar-refractivity contribution in [2.75, 3.05) is 6.54 Å². The highest BCUT2D eigenvalue weighted by atomic mass is 15.3. The van der Waals surface area contributed by atoms with E-state index >= 15 is 0 Å². The molecule has 17 heavy (non-hydrogen) atoms. The fraction of sp³-hybridized carbons (Fsp3) is 0.417. The van der Waals surface area contributed by atoms with E-state index in [1.54, 1.807) is 18.6 Å². The zero-order valence-corrected chi connectivity index (χ0v) is 10.2. The lowest BCUT2D eigenvalue weighted by Gasteiger charge is -2.14. The molecular weight excluding hydrogens is 214 g/mol. The van der Waals surface area contributed by atoms with E-state index in [0.29, 0.717) is 0 Å². The molecule has 90 valence electrons. The number of hydrogen-bond acceptors (Lipinski definition) is 4. The summed E-state index contributed by atoms with van der Waals surface area (Å²) in [6.07, 6.45) is 7.19. The lowest BCUT2D eigenvalue weighted by atomic mass is 10.2. The molecule has 2 aromatic rings. The SMILES string of the molecule is Cc1nccnc1C(C)NCCn1cccn1. The maximum absolute atomic E-state index is 4.35. The van der Waals surface area contributed by atoms with Crippen molar-refractivity contribution >= 4 is 0 Å². The summed E-state index contributed by atoms with van der Waals surface area (Å²) < 4.78 is 1.91. The maximum Gasteiger partial charge on any atom is 0.0782 e. The second-order valence-corrected chi connectivity index (χ2v) is 3.97. The second-order valence-electron chi connectivity index (χ2n) is 3.97. The minimum atomic E-state index is 0.208. The van der Waals surface area contributed by atoms with Gasteiger partial charge in [0.2, 0.25) is 0 Å². The molecule has 0 bridgehead atoms. The van der Waals surface area contributed by atoms with Gasteiger partial charge in [0.05, 0.1) is 17.9 Å². The van der Waals surface area contributed by atoms with Gasteiger partial charge >= 0.3 is 0 Å². The summed E-state index contributed by atoms with van der Waals surface area (Å²) in [5.74, 6) is 0. The van der Waals surface area contributed by atoms with Gasteiger partial charge in [-0.1, -0.05) is 0 Å². The van der Waals surface area contributed by atoms with Crippen LogP contribution in [0.25, 0.3) is 0 Å². The zero-order chi connectivity index (χ0) is 12.1. The Morgan fingerprint density at radius 2 is 2.12 bits per heavy atom. The molecule has 2 heterocycles. The van der Waals surface area contributed by atoms with Crippen molar-refractivity contribution in [2.45, 2.75) is 26.4 Å². The van der Waals surface area contributed by atoms with Crippen molar-refractivity contribution in [3.8, 4) is 0 Å². The average molecular weight is 231 g/mol. The van der Waals surface area contributed by atoms with Crippen molar-refractivity contribution in [1.82, 2.24) is 25.1 Å². The molecule has 0 saturated carbocycles. The van der Waals surface area contributed by atoms with E-state index in [1.165, 1.54) is 0 Å². The molecule has 0 aliphatic rings. The predicted octanol–water partition coefficient (Wildman–Crippen LogP) is 1.33. The molecule has 2 rings (SSSR count). The van der Waals surface area contributed by atoms with Gasteiger partial charge in [-0.05, 0) is 19.9 Å². The molecule has 0 fully saturated rings. The number of aryl methyl sites for hydroxylation is 1. The normalized spacial score (nSPS) is 12.6. The lowest BCUT2D eigenvalue weighted by molar-refractivity contribution is 0.498. The van der Waals surface area contributed by atoms with Crippen LogP contribution in [0.15, 0.2) is 30.9 Å². The predicted molar refractivity (Wildman–Crippen MR) is 65.4 cm³/mol. The van der Waals surface area contributed by atoms with Crippen molar-refractivity contribution in [3.63, 3.8) is 0 Å². The van der Waals surface area contributed by atoms with Gasteiger partial charge in [-0.3, -0.25) is 14.6 Å². The van der Waals surface area contributed by atoms with Gasteiger partial charge in [-0.25, -0.2) is 0 Å². The summed E-state index contributed by atoms with van der Waals surface area (Å²) in [5.41, 5.74) is 1.99. The second kappa shape index (κ2) is 5.54. The molecule has 0 spiro atoms. The average Bonchev–Trinajstić information content (AvgIpc) is 2.82. The topological polar surface area (TPSA) is 55.6 Å². The molecule has 0 radical (unpaired) electrons. The van der Waals surface area contributed by atoms with Gasteiger partial charge in [-0.15, -0.1) is 0 Å². The molecule has 0 aliphatic heterocycles. The first-order valence-corrected chi connectivity index (χ1v) is 5.75. The summed E-state index contributed by atoms with van der Waals surface area (Å²) in [4.78, 5) is 8.58. The van der Waals surface area contributed by atoms with E-state index in [2.05, 4.69) is 27.3 Å². The van der Waals surface area contributed by atoms with E-state index < -0.39 is 0 Å². The van der Waals surface area contributed by atoms with Crippen LogP contribution in [0.1, 0.15) is 24.4 Å². The number of aromatic nitrogens is 4. The standard InChI is InChI=1S/C12H17N5/c1-10-12(15-6-5-13-10)11(2)14-7-9-17-8-3-4-16-17/h3-6,8,11,14H,7,9H2,1-2H3. The third kappa shape index (κ3) is 3.10. The van der Waals surface area contributed by atoms with Crippen LogP contribution in [-0.4, -0.2) is 26.3 Å². The van der Waals surface area contributed by atoms with Crippen molar-refractivity contribution < 1.29 is 0 Å². The Morgan fingerprint density at radius 1 is 1.29 bits per heavy atom. The summed E-state index contributed by atoms with van der Waals surface area (Å²) in [7, 11) is 0. The minimum Gasteiger partial charge on any atom is -0.307 e. The van der Waals surface area contributed by atoms with Gasteiger partial charge < -0.3 is 5.32 Å². The number of nitrogens with zero attached hydrogens (tertiary/aromatic N) is 4. The smallest absolute Gasteiger partial charge is 0.0782 e. The molecule has 5 nitrogen and oxygen atoms in total. The molecular formula is C12H17N5. The molecule has 5 heteroatoms. The molecule has 1 unspecified atom stereocenters. The van der Waals surface area contributed by atoms with Crippen LogP contribution in [0.3, 0.4) is 0 Å². The van der Waals surface area contributed by atoms with E-state index in [9.17, 15) is 0 Å². The summed E-state index contributed by atoms with van der Waals surface area (Å²) >= 11 is 0. The molecule has 0 aromatic carbocycles. The third-order valence-electron chi connectivity index (χ3n) is 2.68. The van der Waals surface area contributed by atoms with Gasteiger partial charge in [0, 0.05) is 37.4 Å². The highest BCUT2D eigenvalue weighted by Crippen LogP contribution is 2.10. The molecule has 1 atom stereocenters. The summed E-state index contributed by atoms with van der Waals surface area (Å²) in [5, 5.41) is 7.57. The quantitative estimate of drug-likeness (QED) is 0.843. The zero-order valence-electron chi connectivity index (χ0n) is 10.2. The molecule has 0 aliphatic carbocycles. The van der Waals surface area contributed by atoms with Crippen molar-refractivity contribution in [2.24, 2.45) is 0 Å². The van der Waals surface area contributed by atoms with Crippen LogP contribution in [0.4, 0.5) is 0 Å². The summed E-state index contributed by atoms with van der Waals surface area (Å²) in [6, 6.07) is 2.13. The third-order valence-corrected chi connectivity index (χ3v) is 2.68. The van der Waals surface area contributed by atoms with Crippen LogP contribution in [0.2, 0.25) is 0 Å². The Kier molecular flexibility index (Phi) is 3.82. The molecule has 0 saturated heterocycles. The highest BCUT2D eigenvalue weighted by molar-refractivity contribution is 5.12. The van der Waals surface area contributed by atoms with E-state index in [0.717, 1.165) is 24.5 Å². The van der Waals surface area contributed by atoms with Gasteiger partial charge in [0.1, 0.15) is 0 Å². The van der Waals surface area contributed by atoms with Crippen LogP contribution in [0.5, 0.6) is 0 Å². The first-order valence-electron chi connectivity index (χ1n) is 5.75. The molecule has 1 N–H and O–H groups in total. The Hall–Kier alpha value is -1.75. The van der Waals surface area contributed by atoms with Crippen molar-refractivity contribution in [1.29, 1.82) is 0 Å². The van der Waals surface area contributed by atoms with Gasteiger partial charge in [0.15, 0.2) is 0 Å². The summed E-state index contributed by atoms with van der Waals surface area (Å²) in [6.45, 7) is 5.80. The Morgan fingerprint density at radius 3 is 2.82 bits per heavy atom. The largest absolute Gasteiger partial charge is 0.307 e. The van der Waals surface area contributed by atoms with Crippen LogP contribution in [0, 0.1) is 6.92 Å².